The summed E-state index contributed by atoms with van der Waals surface area (Å²) in [6.45, 7) is 0.0723. The average molecular weight is 282 g/mol. The first-order valence-electron chi connectivity index (χ1n) is 5.89. The van der Waals surface area contributed by atoms with Gasteiger partial charge in [-0.15, -0.1) is 0 Å². The van der Waals surface area contributed by atoms with Crippen LogP contribution in [0.4, 0.5) is 18.9 Å². The minimum atomic E-state index is -4.35. The average Bonchev–Trinajstić information content (AvgIpc) is 2.44. The summed E-state index contributed by atoms with van der Waals surface area (Å²) < 4.78 is 43.5. The van der Waals surface area contributed by atoms with E-state index < -0.39 is 11.7 Å². The molecule has 6 heteroatoms. The van der Waals surface area contributed by atoms with Crippen LogP contribution in [0.2, 0.25) is 0 Å². The number of halogens is 3. The quantitative estimate of drug-likeness (QED) is 0.928. The Balaban J connectivity index is 2.15. The van der Waals surface area contributed by atoms with Crippen molar-refractivity contribution in [2.24, 2.45) is 0 Å². The topological polar surface area (TPSA) is 34.1 Å². The lowest BCUT2D eigenvalue weighted by Crippen LogP contribution is -2.11. The van der Waals surface area contributed by atoms with Gasteiger partial charge < -0.3 is 10.1 Å². The van der Waals surface area contributed by atoms with E-state index in [2.05, 4.69) is 10.3 Å². The predicted molar refractivity (Wildman–Crippen MR) is 69.6 cm³/mol. The number of alkyl halides is 3. The van der Waals surface area contributed by atoms with Crippen molar-refractivity contribution < 1.29 is 17.9 Å². The second kappa shape index (κ2) is 5.81. The van der Waals surface area contributed by atoms with Crippen molar-refractivity contribution in [2.75, 3.05) is 12.4 Å². The van der Waals surface area contributed by atoms with Crippen LogP contribution in [0.25, 0.3) is 0 Å². The van der Waals surface area contributed by atoms with Crippen molar-refractivity contribution in [3.05, 3.63) is 53.7 Å². The number of nitrogens with zero attached hydrogens (tertiary/aromatic N) is 1. The molecule has 2 aromatic rings. The molecule has 1 heterocycles. The molecule has 1 aromatic heterocycles. The maximum Gasteiger partial charge on any atom is 0.416 e. The number of ether oxygens (including phenoxy) is 1. The van der Waals surface area contributed by atoms with E-state index in [0.717, 1.165) is 6.07 Å². The summed E-state index contributed by atoms with van der Waals surface area (Å²) in [5, 5.41) is 2.93. The van der Waals surface area contributed by atoms with Crippen molar-refractivity contribution in [1.82, 2.24) is 4.98 Å². The Kier molecular flexibility index (Phi) is 4.12. The molecular weight excluding hydrogens is 269 g/mol. The number of nitrogens with one attached hydrogen (secondary N) is 1. The lowest BCUT2D eigenvalue weighted by molar-refractivity contribution is -0.138. The van der Waals surface area contributed by atoms with Gasteiger partial charge in [-0.1, -0.05) is 18.2 Å². The first kappa shape index (κ1) is 14.2. The summed E-state index contributed by atoms with van der Waals surface area (Å²) in [5.41, 5.74) is 0.207. The third-order valence-electron chi connectivity index (χ3n) is 2.75. The fourth-order valence-corrected chi connectivity index (χ4v) is 1.78. The van der Waals surface area contributed by atoms with E-state index in [0.29, 0.717) is 11.6 Å². The number of methoxy groups -OCH3 is 1. The van der Waals surface area contributed by atoms with Crippen molar-refractivity contribution in [2.45, 2.75) is 12.7 Å². The van der Waals surface area contributed by atoms with Gasteiger partial charge in [0.15, 0.2) is 0 Å². The van der Waals surface area contributed by atoms with E-state index in [1.54, 1.807) is 18.2 Å². The molecule has 0 saturated carbocycles. The highest BCUT2D eigenvalue weighted by Crippen LogP contribution is 2.32. The van der Waals surface area contributed by atoms with Gasteiger partial charge in [0.1, 0.15) is 0 Å². The molecule has 1 N–H and O–H groups in total. The summed E-state index contributed by atoms with van der Waals surface area (Å²) in [6, 6.07) is 8.77. The van der Waals surface area contributed by atoms with Gasteiger partial charge in [0, 0.05) is 24.5 Å². The van der Waals surface area contributed by atoms with Crippen LogP contribution in [0.1, 0.15) is 11.1 Å². The second-order valence-electron chi connectivity index (χ2n) is 4.10. The van der Waals surface area contributed by atoms with Crippen LogP contribution in [-0.4, -0.2) is 12.1 Å². The number of rotatable bonds is 4. The summed E-state index contributed by atoms with van der Waals surface area (Å²) >= 11 is 0. The molecule has 0 fully saturated rings. The van der Waals surface area contributed by atoms with Crippen molar-refractivity contribution in [3.8, 4) is 5.88 Å². The zero-order valence-corrected chi connectivity index (χ0v) is 10.7. The molecule has 0 spiro atoms. The van der Waals surface area contributed by atoms with Crippen LogP contribution in [0.5, 0.6) is 5.88 Å². The molecule has 2 rings (SSSR count). The summed E-state index contributed by atoms with van der Waals surface area (Å²) in [5.74, 6) is 0.402. The van der Waals surface area contributed by atoms with Crippen LogP contribution in [0, 0.1) is 0 Å². The van der Waals surface area contributed by atoms with E-state index in [1.807, 2.05) is 0 Å². The maximum atomic E-state index is 12.8. The van der Waals surface area contributed by atoms with Gasteiger partial charge in [-0.3, -0.25) is 0 Å². The van der Waals surface area contributed by atoms with Gasteiger partial charge in [-0.2, -0.15) is 13.2 Å². The monoisotopic (exact) mass is 282 g/mol. The molecular formula is C14H13F3N2O. The highest BCUT2D eigenvalue weighted by Gasteiger charge is 2.32. The minimum absolute atomic E-state index is 0.0723. The zero-order chi connectivity index (χ0) is 14.6. The fourth-order valence-electron chi connectivity index (χ4n) is 1.78. The van der Waals surface area contributed by atoms with Crippen LogP contribution >= 0.6 is 0 Å². The molecule has 0 atom stereocenters. The van der Waals surface area contributed by atoms with E-state index in [4.69, 9.17) is 4.74 Å². The van der Waals surface area contributed by atoms with Gasteiger partial charge in [-0.25, -0.2) is 4.98 Å². The molecule has 0 aliphatic rings. The standard InChI is InChI=1S/C14H13F3N2O/c1-20-13-8-11(6-7-18-13)19-9-10-4-2-3-5-12(10)14(15,16)17/h2-8H,9H2,1H3,(H,18,19). The lowest BCUT2D eigenvalue weighted by Gasteiger charge is -2.14. The predicted octanol–water partition coefficient (Wildman–Crippen LogP) is 3.72. The Labute approximate surface area is 114 Å². The van der Waals surface area contributed by atoms with Crippen molar-refractivity contribution in [3.63, 3.8) is 0 Å². The Hall–Kier alpha value is -2.24. The van der Waals surface area contributed by atoms with Crippen LogP contribution in [0.3, 0.4) is 0 Å². The molecule has 0 aliphatic heterocycles. The van der Waals surface area contributed by atoms with E-state index >= 15 is 0 Å². The summed E-state index contributed by atoms with van der Waals surface area (Å²) in [7, 11) is 1.48. The number of pyridine rings is 1. The van der Waals surface area contributed by atoms with Gasteiger partial charge in [0.2, 0.25) is 5.88 Å². The molecule has 1 aromatic carbocycles. The van der Waals surface area contributed by atoms with E-state index in [9.17, 15) is 13.2 Å². The molecule has 0 aliphatic carbocycles. The second-order valence-corrected chi connectivity index (χ2v) is 4.10. The highest BCUT2D eigenvalue weighted by atomic mass is 19.4. The third kappa shape index (κ3) is 3.40. The molecule has 20 heavy (non-hydrogen) atoms. The van der Waals surface area contributed by atoms with Crippen molar-refractivity contribution >= 4 is 5.69 Å². The summed E-state index contributed by atoms with van der Waals surface area (Å²) in [6.07, 6.45) is -2.83. The lowest BCUT2D eigenvalue weighted by atomic mass is 10.1. The van der Waals surface area contributed by atoms with Crippen LogP contribution in [0.15, 0.2) is 42.6 Å². The fraction of sp³-hybridized carbons (Fsp3) is 0.214. The first-order chi connectivity index (χ1) is 9.50. The first-order valence-corrected chi connectivity index (χ1v) is 5.89. The molecule has 0 amide bonds. The Morgan fingerprint density at radius 1 is 1.20 bits per heavy atom. The van der Waals surface area contributed by atoms with Gasteiger partial charge in [0.05, 0.1) is 12.7 Å². The highest BCUT2D eigenvalue weighted by molar-refractivity contribution is 5.46. The molecule has 0 bridgehead atoms. The van der Waals surface area contributed by atoms with Crippen LogP contribution in [-0.2, 0) is 12.7 Å². The number of hydrogen-bond acceptors (Lipinski definition) is 3. The molecule has 0 saturated heterocycles. The van der Waals surface area contributed by atoms with Gasteiger partial charge in [-0.05, 0) is 17.7 Å². The van der Waals surface area contributed by atoms with E-state index in [1.165, 1.54) is 25.4 Å². The Bertz CT molecular complexity index is 585. The SMILES string of the molecule is COc1cc(NCc2ccccc2C(F)(F)F)ccn1. The molecule has 3 nitrogen and oxygen atoms in total. The molecule has 0 unspecified atom stereocenters. The molecule has 0 radical (unpaired) electrons. The Morgan fingerprint density at radius 2 is 1.95 bits per heavy atom. The van der Waals surface area contributed by atoms with Gasteiger partial charge in [0.25, 0.3) is 0 Å². The smallest absolute Gasteiger partial charge is 0.416 e. The maximum absolute atomic E-state index is 12.8. The van der Waals surface area contributed by atoms with Crippen LogP contribution < -0.4 is 10.1 Å². The van der Waals surface area contributed by atoms with E-state index in [-0.39, 0.29) is 12.1 Å². The molecule has 106 valence electrons. The number of benzene rings is 1. The normalized spacial score (nSPS) is 11.2. The Morgan fingerprint density at radius 3 is 2.65 bits per heavy atom. The largest absolute Gasteiger partial charge is 0.481 e. The number of anilines is 1. The zero-order valence-electron chi connectivity index (χ0n) is 10.7. The van der Waals surface area contributed by atoms with Crippen molar-refractivity contribution in [1.29, 1.82) is 0 Å². The third-order valence-corrected chi connectivity index (χ3v) is 2.75. The van der Waals surface area contributed by atoms with Gasteiger partial charge >= 0.3 is 6.18 Å². The number of hydrogen-bond donors (Lipinski definition) is 1. The summed E-state index contributed by atoms with van der Waals surface area (Å²) in [4.78, 5) is 3.93. The minimum Gasteiger partial charge on any atom is -0.481 e. The number of aromatic nitrogens is 1.